The summed E-state index contributed by atoms with van der Waals surface area (Å²) < 4.78 is 24.4. The average Bonchev–Trinajstić information content (AvgIpc) is 2.80. The van der Waals surface area contributed by atoms with Crippen LogP contribution in [0, 0.1) is 13.8 Å². The minimum Gasteiger partial charge on any atom is -0.352 e. The van der Waals surface area contributed by atoms with E-state index in [1.54, 1.807) is 16.8 Å². The van der Waals surface area contributed by atoms with Gasteiger partial charge in [-0.3, -0.25) is 9.48 Å². The van der Waals surface area contributed by atoms with E-state index in [0.29, 0.717) is 18.5 Å². The first-order chi connectivity index (χ1) is 10.8. The van der Waals surface area contributed by atoms with Gasteiger partial charge in [0.15, 0.2) is 0 Å². The smallest absolute Gasteiger partial charge is 0.238 e. The number of sulfonamides is 1. The zero-order valence-corrected chi connectivity index (χ0v) is 13.9. The molecule has 0 saturated carbocycles. The standard InChI is InChI=1S/C15H20N4O3S/c1-11-8-12(2)19(18-11)7-6-15(20)17-10-13-4-3-5-14(9-13)23(16,21)22/h3-5,8-9H,6-7,10H2,1-2H3,(H,17,20)(H2,16,21,22). The number of primary sulfonamides is 1. The summed E-state index contributed by atoms with van der Waals surface area (Å²) in [5, 5.41) is 12.1. The third kappa shape index (κ3) is 4.90. The molecule has 0 bridgehead atoms. The van der Waals surface area contributed by atoms with Gasteiger partial charge in [-0.25, -0.2) is 13.6 Å². The Morgan fingerprint density at radius 1 is 1.30 bits per heavy atom. The fourth-order valence-corrected chi connectivity index (χ4v) is 2.81. The normalized spacial score (nSPS) is 11.4. The van der Waals surface area contributed by atoms with E-state index < -0.39 is 10.0 Å². The van der Waals surface area contributed by atoms with Crippen molar-refractivity contribution in [1.82, 2.24) is 15.1 Å². The summed E-state index contributed by atoms with van der Waals surface area (Å²) in [5.74, 6) is -0.126. The molecule has 1 heterocycles. The lowest BCUT2D eigenvalue weighted by Gasteiger charge is -2.08. The van der Waals surface area contributed by atoms with Crippen LogP contribution in [0.25, 0.3) is 0 Å². The Hall–Kier alpha value is -2.19. The monoisotopic (exact) mass is 336 g/mol. The predicted molar refractivity (Wildman–Crippen MR) is 86.0 cm³/mol. The Morgan fingerprint density at radius 3 is 2.65 bits per heavy atom. The molecule has 0 saturated heterocycles. The average molecular weight is 336 g/mol. The first kappa shape index (κ1) is 17.2. The Labute approximate surface area is 135 Å². The van der Waals surface area contributed by atoms with Crippen LogP contribution in [0.15, 0.2) is 35.2 Å². The molecular weight excluding hydrogens is 316 g/mol. The Balaban J connectivity index is 1.88. The molecule has 0 unspecified atom stereocenters. The molecule has 0 aliphatic heterocycles. The molecule has 0 aliphatic carbocycles. The third-order valence-electron chi connectivity index (χ3n) is 3.37. The highest BCUT2D eigenvalue weighted by Gasteiger charge is 2.09. The molecule has 0 aliphatic rings. The quantitative estimate of drug-likeness (QED) is 0.815. The number of nitrogens with two attached hydrogens (primary N) is 1. The molecule has 1 amide bonds. The summed E-state index contributed by atoms with van der Waals surface area (Å²) in [6.45, 7) is 4.60. The van der Waals surface area contributed by atoms with E-state index in [1.807, 2.05) is 19.9 Å². The van der Waals surface area contributed by atoms with E-state index in [2.05, 4.69) is 10.4 Å². The van der Waals surface area contributed by atoms with E-state index in [4.69, 9.17) is 5.14 Å². The van der Waals surface area contributed by atoms with Crippen molar-refractivity contribution in [2.24, 2.45) is 5.14 Å². The van der Waals surface area contributed by atoms with Crippen LogP contribution in [0.1, 0.15) is 23.4 Å². The van der Waals surface area contributed by atoms with Crippen molar-refractivity contribution in [2.45, 2.75) is 38.3 Å². The first-order valence-electron chi connectivity index (χ1n) is 7.15. The molecule has 23 heavy (non-hydrogen) atoms. The maximum Gasteiger partial charge on any atom is 0.238 e. The fourth-order valence-electron chi connectivity index (χ4n) is 2.23. The minimum atomic E-state index is -3.74. The van der Waals surface area contributed by atoms with Crippen LogP contribution in [-0.2, 0) is 27.9 Å². The lowest BCUT2D eigenvalue weighted by Crippen LogP contribution is -2.24. The van der Waals surface area contributed by atoms with Gasteiger partial charge in [-0.05, 0) is 37.6 Å². The highest BCUT2D eigenvalue weighted by Crippen LogP contribution is 2.09. The van der Waals surface area contributed by atoms with Crippen molar-refractivity contribution >= 4 is 15.9 Å². The number of carbonyl (C=O) groups excluding carboxylic acids is 1. The van der Waals surface area contributed by atoms with Crippen LogP contribution in [0.4, 0.5) is 0 Å². The van der Waals surface area contributed by atoms with Crippen LogP contribution >= 0.6 is 0 Å². The van der Waals surface area contributed by atoms with E-state index >= 15 is 0 Å². The van der Waals surface area contributed by atoms with Gasteiger partial charge in [-0.1, -0.05) is 12.1 Å². The number of aryl methyl sites for hydroxylation is 3. The second kappa shape index (κ2) is 6.93. The van der Waals surface area contributed by atoms with Gasteiger partial charge in [0.05, 0.1) is 10.6 Å². The molecule has 0 fully saturated rings. The Morgan fingerprint density at radius 2 is 2.04 bits per heavy atom. The molecule has 3 N–H and O–H groups in total. The number of amides is 1. The Kier molecular flexibility index (Phi) is 5.17. The molecular formula is C15H20N4O3S. The van der Waals surface area contributed by atoms with Gasteiger partial charge in [0.1, 0.15) is 0 Å². The molecule has 0 atom stereocenters. The highest BCUT2D eigenvalue weighted by atomic mass is 32.2. The van der Waals surface area contributed by atoms with E-state index in [9.17, 15) is 13.2 Å². The maximum atomic E-state index is 11.9. The predicted octanol–water partition coefficient (Wildman–Crippen LogP) is 0.854. The number of carbonyl (C=O) groups is 1. The number of nitrogens with one attached hydrogen (secondary N) is 1. The van der Waals surface area contributed by atoms with Crippen molar-refractivity contribution in [1.29, 1.82) is 0 Å². The molecule has 2 rings (SSSR count). The fraction of sp³-hybridized carbons (Fsp3) is 0.333. The summed E-state index contributed by atoms with van der Waals surface area (Å²) in [7, 11) is -3.74. The summed E-state index contributed by atoms with van der Waals surface area (Å²) in [6, 6.07) is 8.16. The van der Waals surface area contributed by atoms with Gasteiger partial charge in [0.25, 0.3) is 0 Å². The second-order valence-corrected chi connectivity index (χ2v) is 6.93. The number of nitrogens with zero attached hydrogens (tertiary/aromatic N) is 2. The molecule has 1 aromatic heterocycles. The van der Waals surface area contributed by atoms with Gasteiger partial charge < -0.3 is 5.32 Å². The number of benzene rings is 1. The third-order valence-corrected chi connectivity index (χ3v) is 4.28. The summed E-state index contributed by atoms with van der Waals surface area (Å²) in [5.41, 5.74) is 2.61. The Bertz CT molecular complexity index is 812. The molecule has 2 aromatic rings. The summed E-state index contributed by atoms with van der Waals surface area (Å²) in [6.07, 6.45) is 0.302. The lowest BCUT2D eigenvalue weighted by molar-refractivity contribution is -0.121. The summed E-state index contributed by atoms with van der Waals surface area (Å²) >= 11 is 0. The maximum absolute atomic E-state index is 11.9. The van der Waals surface area contributed by atoms with Gasteiger partial charge in [-0.2, -0.15) is 5.10 Å². The lowest BCUT2D eigenvalue weighted by atomic mass is 10.2. The highest BCUT2D eigenvalue weighted by molar-refractivity contribution is 7.89. The van der Waals surface area contributed by atoms with Crippen LogP contribution in [0.3, 0.4) is 0 Å². The minimum absolute atomic E-state index is 0.0342. The van der Waals surface area contributed by atoms with Gasteiger partial charge in [-0.15, -0.1) is 0 Å². The first-order valence-corrected chi connectivity index (χ1v) is 8.70. The van der Waals surface area contributed by atoms with E-state index in [0.717, 1.165) is 11.4 Å². The molecule has 0 radical (unpaired) electrons. The molecule has 7 nitrogen and oxygen atoms in total. The van der Waals surface area contributed by atoms with E-state index in [1.165, 1.54) is 12.1 Å². The van der Waals surface area contributed by atoms with Crippen molar-refractivity contribution in [3.63, 3.8) is 0 Å². The van der Waals surface area contributed by atoms with E-state index in [-0.39, 0.29) is 17.3 Å². The van der Waals surface area contributed by atoms with Gasteiger partial charge >= 0.3 is 0 Å². The van der Waals surface area contributed by atoms with Crippen LogP contribution in [-0.4, -0.2) is 24.1 Å². The number of hydrogen-bond donors (Lipinski definition) is 2. The van der Waals surface area contributed by atoms with Crippen molar-refractivity contribution in [2.75, 3.05) is 0 Å². The van der Waals surface area contributed by atoms with Crippen LogP contribution in [0.2, 0.25) is 0 Å². The molecule has 0 spiro atoms. The zero-order chi connectivity index (χ0) is 17.0. The van der Waals surface area contributed by atoms with Crippen molar-refractivity contribution in [3.8, 4) is 0 Å². The van der Waals surface area contributed by atoms with Gasteiger partial charge in [0, 0.05) is 25.2 Å². The molecule has 124 valence electrons. The number of hydrogen-bond acceptors (Lipinski definition) is 4. The zero-order valence-electron chi connectivity index (χ0n) is 13.1. The topological polar surface area (TPSA) is 107 Å². The SMILES string of the molecule is Cc1cc(C)n(CCC(=O)NCc2cccc(S(N)(=O)=O)c2)n1. The van der Waals surface area contributed by atoms with Gasteiger partial charge in [0.2, 0.25) is 15.9 Å². The largest absolute Gasteiger partial charge is 0.352 e. The van der Waals surface area contributed by atoms with Crippen molar-refractivity contribution < 1.29 is 13.2 Å². The number of rotatable bonds is 6. The van der Waals surface area contributed by atoms with Crippen LogP contribution in [0.5, 0.6) is 0 Å². The molecule has 1 aromatic carbocycles. The van der Waals surface area contributed by atoms with Crippen molar-refractivity contribution in [3.05, 3.63) is 47.3 Å². The molecule has 8 heteroatoms. The summed E-state index contributed by atoms with van der Waals surface area (Å²) in [4.78, 5) is 11.9. The second-order valence-electron chi connectivity index (χ2n) is 5.37. The number of aromatic nitrogens is 2. The van der Waals surface area contributed by atoms with Crippen LogP contribution < -0.4 is 10.5 Å².